The minimum atomic E-state index is -0.604. The van der Waals surface area contributed by atoms with E-state index >= 15 is 0 Å². The van der Waals surface area contributed by atoms with Crippen molar-refractivity contribution < 1.29 is 24.1 Å². The Labute approximate surface area is 179 Å². The average Bonchev–Trinajstić information content (AvgIpc) is 2.73. The van der Waals surface area contributed by atoms with Crippen molar-refractivity contribution in [2.45, 2.75) is 12.6 Å². The van der Waals surface area contributed by atoms with Gasteiger partial charge >= 0.3 is 0 Å². The summed E-state index contributed by atoms with van der Waals surface area (Å²) < 4.78 is 22.1. The van der Waals surface area contributed by atoms with Crippen LogP contribution in [0.5, 0.6) is 23.0 Å². The van der Waals surface area contributed by atoms with Crippen molar-refractivity contribution in [3.8, 4) is 23.0 Å². The van der Waals surface area contributed by atoms with Crippen molar-refractivity contribution in [3.05, 3.63) is 48.0 Å². The lowest BCUT2D eigenvalue weighted by Crippen LogP contribution is -2.32. The molecule has 0 unspecified atom stereocenters. The van der Waals surface area contributed by atoms with Gasteiger partial charge in [-0.2, -0.15) is 0 Å². The molecule has 0 saturated carbocycles. The summed E-state index contributed by atoms with van der Waals surface area (Å²) in [6.45, 7) is 2.82. The number of methoxy groups -OCH3 is 2. The highest BCUT2D eigenvalue weighted by atomic mass is 16.5. The molecule has 2 aromatic rings. The molecule has 0 fully saturated rings. The lowest BCUT2D eigenvalue weighted by Gasteiger charge is -2.21. The van der Waals surface area contributed by atoms with E-state index in [1.807, 2.05) is 68.5 Å². The maximum atomic E-state index is 10.3. The van der Waals surface area contributed by atoms with Gasteiger partial charge in [0.1, 0.15) is 30.8 Å². The van der Waals surface area contributed by atoms with Crippen LogP contribution in [0.15, 0.2) is 42.5 Å². The predicted molar refractivity (Wildman–Crippen MR) is 118 cm³/mol. The van der Waals surface area contributed by atoms with Crippen molar-refractivity contribution in [2.75, 3.05) is 61.7 Å². The Morgan fingerprint density at radius 3 is 2.20 bits per heavy atom. The Morgan fingerprint density at radius 2 is 1.57 bits per heavy atom. The van der Waals surface area contributed by atoms with E-state index in [0.29, 0.717) is 31.2 Å². The number of aliphatic hydroxyl groups excluding tert-OH is 1. The van der Waals surface area contributed by atoms with Crippen LogP contribution in [0.25, 0.3) is 0 Å². The van der Waals surface area contributed by atoms with Crippen molar-refractivity contribution in [3.63, 3.8) is 0 Å². The molecule has 0 aliphatic rings. The number of benzene rings is 2. The molecule has 2 aromatic carbocycles. The quantitative estimate of drug-likeness (QED) is 0.536. The number of rotatable bonds is 13. The minimum absolute atomic E-state index is 0.221. The van der Waals surface area contributed by atoms with Gasteiger partial charge in [0, 0.05) is 19.6 Å². The van der Waals surface area contributed by atoms with E-state index in [2.05, 4.69) is 4.90 Å². The van der Waals surface area contributed by atoms with Crippen LogP contribution in [0.3, 0.4) is 0 Å². The van der Waals surface area contributed by atoms with E-state index in [4.69, 9.17) is 18.9 Å². The summed E-state index contributed by atoms with van der Waals surface area (Å²) in [6, 6.07) is 13.2. The lowest BCUT2D eigenvalue weighted by molar-refractivity contribution is 0.0743. The lowest BCUT2D eigenvalue weighted by atomic mass is 10.2. The first-order valence-electron chi connectivity index (χ1n) is 9.99. The highest BCUT2D eigenvalue weighted by Gasteiger charge is 2.12. The SMILES string of the molecule is COc1ccc(OC[C@H](O)CN(C)Cc2ccc(OCCN(C)C)c(OC)c2)cc1. The minimum Gasteiger partial charge on any atom is -0.497 e. The van der Waals surface area contributed by atoms with Crippen LogP contribution < -0.4 is 18.9 Å². The summed E-state index contributed by atoms with van der Waals surface area (Å²) in [5.74, 6) is 2.92. The summed E-state index contributed by atoms with van der Waals surface area (Å²) in [7, 11) is 9.25. The molecule has 7 nitrogen and oxygen atoms in total. The molecule has 0 heterocycles. The van der Waals surface area contributed by atoms with Gasteiger partial charge in [0.15, 0.2) is 11.5 Å². The fourth-order valence-electron chi connectivity index (χ4n) is 2.92. The Hall–Kier alpha value is -2.48. The molecule has 0 bridgehead atoms. The van der Waals surface area contributed by atoms with Gasteiger partial charge < -0.3 is 29.0 Å². The summed E-state index contributed by atoms with van der Waals surface area (Å²) in [4.78, 5) is 4.11. The van der Waals surface area contributed by atoms with Crippen LogP contribution in [-0.2, 0) is 6.54 Å². The normalized spacial score (nSPS) is 12.1. The fraction of sp³-hybridized carbons (Fsp3) is 0.478. The van der Waals surface area contributed by atoms with Crippen LogP contribution in [0, 0.1) is 0 Å². The van der Waals surface area contributed by atoms with E-state index in [1.54, 1.807) is 14.2 Å². The first-order valence-corrected chi connectivity index (χ1v) is 9.99. The molecule has 30 heavy (non-hydrogen) atoms. The van der Waals surface area contributed by atoms with E-state index in [-0.39, 0.29) is 6.61 Å². The number of likely N-dealkylation sites (N-methyl/N-ethyl adjacent to an activating group) is 2. The van der Waals surface area contributed by atoms with E-state index in [0.717, 1.165) is 23.6 Å². The number of hydrogen-bond donors (Lipinski definition) is 1. The molecule has 7 heteroatoms. The third-order valence-electron chi connectivity index (χ3n) is 4.50. The van der Waals surface area contributed by atoms with E-state index in [1.165, 1.54) is 0 Å². The topological polar surface area (TPSA) is 63.6 Å². The number of hydrogen-bond acceptors (Lipinski definition) is 7. The highest BCUT2D eigenvalue weighted by Crippen LogP contribution is 2.28. The molecule has 2 rings (SSSR count). The Balaban J connectivity index is 1.81. The van der Waals surface area contributed by atoms with Crippen LogP contribution in [0.2, 0.25) is 0 Å². The number of aliphatic hydroxyl groups is 1. The van der Waals surface area contributed by atoms with Crippen molar-refractivity contribution in [1.82, 2.24) is 9.80 Å². The molecule has 0 amide bonds. The molecule has 0 aliphatic heterocycles. The van der Waals surface area contributed by atoms with Crippen molar-refractivity contribution in [2.24, 2.45) is 0 Å². The smallest absolute Gasteiger partial charge is 0.161 e. The number of ether oxygens (including phenoxy) is 4. The average molecular weight is 419 g/mol. The van der Waals surface area contributed by atoms with Crippen LogP contribution in [0.1, 0.15) is 5.56 Å². The third kappa shape index (κ3) is 8.10. The summed E-state index contributed by atoms with van der Waals surface area (Å²) >= 11 is 0. The van der Waals surface area contributed by atoms with E-state index < -0.39 is 6.10 Å². The molecule has 166 valence electrons. The summed E-state index contributed by atoms with van der Waals surface area (Å²) in [5.41, 5.74) is 1.08. The Kier molecular flexibility index (Phi) is 9.73. The van der Waals surface area contributed by atoms with E-state index in [9.17, 15) is 5.11 Å². The predicted octanol–water partition coefficient (Wildman–Crippen LogP) is 2.52. The molecule has 0 spiro atoms. The fourth-order valence-corrected chi connectivity index (χ4v) is 2.92. The highest BCUT2D eigenvalue weighted by molar-refractivity contribution is 5.43. The monoisotopic (exact) mass is 418 g/mol. The van der Waals surface area contributed by atoms with Gasteiger partial charge in [-0.15, -0.1) is 0 Å². The Bertz CT molecular complexity index is 752. The molecule has 0 radical (unpaired) electrons. The van der Waals surface area contributed by atoms with Crippen molar-refractivity contribution in [1.29, 1.82) is 0 Å². The summed E-state index contributed by atoms with van der Waals surface area (Å²) in [6.07, 6.45) is -0.604. The van der Waals surface area contributed by atoms with Gasteiger partial charge in [0.25, 0.3) is 0 Å². The first-order chi connectivity index (χ1) is 14.4. The van der Waals surface area contributed by atoms with Crippen LogP contribution in [0.4, 0.5) is 0 Å². The van der Waals surface area contributed by atoms with Crippen LogP contribution >= 0.6 is 0 Å². The number of nitrogens with zero attached hydrogens (tertiary/aromatic N) is 2. The zero-order valence-electron chi connectivity index (χ0n) is 18.6. The second kappa shape index (κ2) is 12.3. The third-order valence-corrected chi connectivity index (χ3v) is 4.50. The van der Waals surface area contributed by atoms with Gasteiger partial charge in [-0.3, -0.25) is 4.90 Å². The molecule has 1 atom stereocenters. The second-order valence-electron chi connectivity index (χ2n) is 7.47. The molecule has 0 aromatic heterocycles. The molecular formula is C23H34N2O5. The van der Waals surface area contributed by atoms with Gasteiger partial charge in [0.2, 0.25) is 0 Å². The van der Waals surface area contributed by atoms with Gasteiger partial charge in [-0.25, -0.2) is 0 Å². The largest absolute Gasteiger partial charge is 0.497 e. The molecule has 0 aliphatic carbocycles. The van der Waals surface area contributed by atoms with Gasteiger partial charge in [0.05, 0.1) is 14.2 Å². The standard InChI is InChI=1S/C23H34N2O5/c1-24(2)12-13-29-22-11-6-18(14-23(22)28-5)15-25(3)16-19(26)17-30-21-9-7-20(27-4)8-10-21/h6-11,14,19,26H,12-13,15-17H2,1-5H3/t19-/m1/s1. The maximum Gasteiger partial charge on any atom is 0.161 e. The summed E-state index contributed by atoms with van der Waals surface area (Å²) in [5, 5.41) is 10.3. The van der Waals surface area contributed by atoms with Crippen molar-refractivity contribution >= 4 is 0 Å². The van der Waals surface area contributed by atoms with Crippen LogP contribution in [-0.4, -0.2) is 82.7 Å². The molecule has 0 saturated heterocycles. The maximum absolute atomic E-state index is 10.3. The van der Waals surface area contributed by atoms with Gasteiger partial charge in [-0.05, 0) is 63.1 Å². The molecule has 1 N–H and O–H groups in total. The Morgan fingerprint density at radius 1 is 0.867 bits per heavy atom. The second-order valence-corrected chi connectivity index (χ2v) is 7.47. The first kappa shape index (κ1) is 23.8. The van der Waals surface area contributed by atoms with Gasteiger partial charge in [-0.1, -0.05) is 6.07 Å². The zero-order chi connectivity index (χ0) is 21.9. The zero-order valence-corrected chi connectivity index (χ0v) is 18.6. The molecular weight excluding hydrogens is 384 g/mol.